The third-order valence-electron chi connectivity index (χ3n) is 7.25. The number of benzene rings is 5. The second-order valence-electron chi connectivity index (χ2n) is 9.48. The Morgan fingerprint density at radius 1 is 0.538 bits per heavy atom. The van der Waals surface area contributed by atoms with Gasteiger partial charge >= 0.3 is 0 Å². The van der Waals surface area contributed by atoms with Crippen molar-refractivity contribution in [3.05, 3.63) is 121 Å². The number of hydrogen-bond acceptors (Lipinski definition) is 3. The number of aromatic hydroxyl groups is 1. The van der Waals surface area contributed by atoms with Crippen molar-refractivity contribution in [3.8, 4) is 22.6 Å². The van der Waals surface area contributed by atoms with Crippen LogP contribution < -0.4 is 0 Å². The Morgan fingerprint density at radius 2 is 1.05 bits per heavy atom. The fraction of sp³-hybridized carbons (Fsp3) is 0. The summed E-state index contributed by atoms with van der Waals surface area (Å²) in [5.74, 6) is 0.844. The SMILES string of the molecule is Oc1ccccc1-c1cc(-n2c3nc4ccccc4n3c3ccccc3n3c4ccccc4nc23)ccc1F. The molecule has 0 fully saturated rings. The lowest BCUT2D eigenvalue weighted by molar-refractivity contribution is 0.476. The highest BCUT2D eigenvalue weighted by Gasteiger charge is 2.20. The predicted octanol–water partition coefficient (Wildman–Crippen LogP) is 7.31. The van der Waals surface area contributed by atoms with E-state index in [-0.39, 0.29) is 11.3 Å². The maximum atomic E-state index is 15.3. The van der Waals surface area contributed by atoms with Crippen molar-refractivity contribution in [1.82, 2.24) is 23.3 Å². The molecule has 0 saturated heterocycles. The number of rotatable bonds is 2. The van der Waals surface area contributed by atoms with Crippen LogP contribution in [0.3, 0.4) is 0 Å². The van der Waals surface area contributed by atoms with Crippen LogP contribution in [0.4, 0.5) is 4.39 Å². The quantitative estimate of drug-likeness (QED) is 0.266. The van der Waals surface area contributed by atoms with Crippen LogP contribution in [-0.4, -0.2) is 28.4 Å². The van der Waals surface area contributed by atoms with Crippen molar-refractivity contribution < 1.29 is 9.50 Å². The number of para-hydroxylation sites is 7. The predicted molar refractivity (Wildman–Crippen MR) is 152 cm³/mol. The second-order valence-corrected chi connectivity index (χ2v) is 9.48. The minimum absolute atomic E-state index is 0.0105. The van der Waals surface area contributed by atoms with Gasteiger partial charge in [-0.1, -0.05) is 54.6 Å². The lowest BCUT2D eigenvalue weighted by atomic mass is 10.0. The minimum atomic E-state index is -0.430. The van der Waals surface area contributed by atoms with Crippen LogP contribution in [0.5, 0.6) is 5.75 Å². The van der Waals surface area contributed by atoms with Crippen LogP contribution in [0.25, 0.3) is 61.5 Å². The van der Waals surface area contributed by atoms with Crippen LogP contribution in [0, 0.1) is 5.82 Å². The zero-order valence-electron chi connectivity index (χ0n) is 20.5. The molecular weight excluding hydrogens is 489 g/mol. The molecule has 8 rings (SSSR count). The molecule has 0 aliphatic rings. The molecule has 0 radical (unpaired) electrons. The van der Waals surface area contributed by atoms with E-state index in [4.69, 9.17) is 9.97 Å². The van der Waals surface area contributed by atoms with Gasteiger partial charge in [0.15, 0.2) is 0 Å². The van der Waals surface area contributed by atoms with Crippen molar-refractivity contribution in [1.29, 1.82) is 0 Å². The first-order chi connectivity index (χ1) is 19.2. The average molecular weight is 510 g/mol. The van der Waals surface area contributed by atoms with Crippen LogP contribution in [0.2, 0.25) is 0 Å². The number of imidazole rings is 2. The monoisotopic (exact) mass is 509 g/mol. The Morgan fingerprint density at radius 3 is 1.64 bits per heavy atom. The van der Waals surface area contributed by atoms with E-state index in [1.807, 2.05) is 65.2 Å². The Bertz CT molecular complexity index is 2160. The molecule has 6 nitrogen and oxygen atoms in total. The van der Waals surface area contributed by atoms with Crippen molar-refractivity contribution in [2.24, 2.45) is 0 Å². The van der Waals surface area contributed by atoms with Crippen molar-refractivity contribution in [2.75, 3.05) is 0 Å². The summed E-state index contributed by atoms with van der Waals surface area (Å²) < 4.78 is 21.5. The molecule has 1 N–H and O–H groups in total. The molecule has 0 aliphatic heterocycles. The van der Waals surface area contributed by atoms with E-state index >= 15 is 4.39 Å². The molecule has 0 unspecified atom stereocenters. The number of phenolic OH excluding ortho intramolecular Hbond substituents is 1. The van der Waals surface area contributed by atoms with E-state index in [0.717, 1.165) is 33.1 Å². The Labute approximate surface area is 221 Å². The van der Waals surface area contributed by atoms with E-state index in [0.29, 0.717) is 22.8 Å². The topological polar surface area (TPSA) is 59.8 Å². The Kier molecular flexibility index (Phi) is 4.46. The molecule has 0 amide bonds. The summed E-state index contributed by atoms with van der Waals surface area (Å²) in [6, 6.07) is 35.8. The van der Waals surface area contributed by atoms with Gasteiger partial charge in [-0.2, -0.15) is 0 Å². The molecule has 3 aromatic heterocycles. The largest absolute Gasteiger partial charge is 0.507 e. The van der Waals surface area contributed by atoms with Gasteiger partial charge in [-0.15, -0.1) is 0 Å². The normalized spacial score (nSPS) is 11.8. The third-order valence-corrected chi connectivity index (χ3v) is 7.25. The lowest BCUT2D eigenvalue weighted by Crippen LogP contribution is -2.03. The van der Waals surface area contributed by atoms with Crippen LogP contribution >= 0.6 is 0 Å². The molecule has 7 heteroatoms. The van der Waals surface area contributed by atoms with Crippen LogP contribution in [-0.2, 0) is 0 Å². The highest BCUT2D eigenvalue weighted by molar-refractivity contribution is 5.93. The van der Waals surface area contributed by atoms with E-state index in [2.05, 4.69) is 20.9 Å². The van der Waals surface area contributed by atoms with Crippen LogP contribution in [0.15, 0.2) is 115 Å². The summed E-state index contributed by atoms with van der Waals surface area (Å²) in [5, 5.41) is 10.5. The standard InChI is InChI=1S/C32H20FN5O/c33-23-18-17-20(19-22(23)21-9-1-8-16-30(21)39)36-31-34-24-10-2-4-12-26(24)37(31)28-14-6-7-15-29(28)38-27-13-5-3-11-25(27)35-32(36)38/h1-19,39H. The van der Waals surface area contributed by atoms with E-state index in [1.165, 1.54) is 6.07 Å². The van der Waals surface area contributed by atoms with Gasteiger partial charge < -0.3 is 5.11 Å². The average Bonchev–Trinajstić information content (AvgIpc) is 3.50. The zero-order valence-corrected chi connectivity index (χ0v) is 20.5. The molecule has 39 heavy (non-hydrogen) atoms. The molecule has 0 spiro atoms. The summed E-state index contributed by atoms with van der Waals surface area (Å²) in [7, 11) is 0. The van der Waals surface area contributed by atoms with Gasteiger partial charge in [0.1, 0.15) is 11.6 Å². The minimum Gasteiger partial charge on any atom is -0.507 e. The number of aromatic nitrogens is 5. The maximum absolute atomic E-state index is 15.3. The molecule has 5 aromatic carbocycles. The number of fused-ring (bicyclic) bond motifs is 9. The van der Waals surface area contributed by atoms with Crippen LogP contribution in [0.1, 0.15) is 0 Å². The Balaban J connectivity index is 1.64. The smallest absolute Gasteiger partial charge is 0.223 e. The van der Waals surface area contributed by atoms with Gasteiger partial charge in [0.05, 0.1) is 38.8 Å². The van der Waals surface area contributed by atoms with E-state index in [9.17, 15) is 5.11 Å². The summed E-state index contributed by atoms with van der Waals surface area (Å²) in [6.45, 7) is 0. The highest BCUT2D eigenvalue weighted by atomic mass is 19.1. The molecule has 0 saturated carbocycles. The molecular formula is C32H20FN5O. The maximum Gasteiger partial charge on any atom is 0.223 e. The van der Waals surface area contributed by atoms with Gasteiger partial charge in [0.2, 0.25) is 11.6 Å². The third kappa shape index (κ3) is 3.07. The van der Waals surface area contributed by atoms with E-state index in [1.54, 1.807) is 36.4 Å². The summed E-state index contributed by atoms with van der Waals surface area (Å²) >= 11 is 0. The van der Waals surface area contributed by atoms with Gasteiger partial charge in [0, 0.05) is 11.1 Å². The summed E-state index contributed by atoms with van der Waals surface area (Å²) in [6.07, 6.45) is 0. The van der Waals surface area contributed by atoms with Gasteiger partial charge in [-0.25, -0.2) is 18.9 Å². The molecule has 3 heterocycles. The van der Waals surface area contributed by atoms with Gasteiger partial charge in [0.25, 0.3) is 0 Å². The first kappa shape index (κ1) is 21.6. The number of nitrogens with zero attached hydrogens (tertiary/aromatic N) is 5. The van der Waals surface area contributed by atoms with Crippen molar-refractivity contribution >= 4 is 44.7 Å². The van der Waals surface area contributed by atoms with Gasteiger partial charge in [-0.05, 0) is 60.7 Å². The first-order valence-electron chi connectivity index (χ1n) is 12.6. The van der Waals surface area contributed by atoms with Crippen molar-refractivity contribution in [2.45, 2.75) is 0 Å². The number of hydrogen-bond donors (Lipinski definition) is 1. The highest BCUT2D eigenvalue weighted by Crippen LogP contribution is 2.34. The molecule has 0 aliphatic carbocycles. The summed E-state index contributed by atoms with van der Waals surface area (Å²) in [4.78, 5) is 10.1. The molecule has 0 bridgehead atoms. The summed E-state index contributed by atoms with van der Waals surface area (Å²) in [5.41, 5.74) is 6.84. The lowest BCUT2D eigenvalue weighted by Gasteiger charge is -2.11. The van der Waals surface area contributed by atoms with Crippen molar-refractivity contribution in [3.63, 3.8) is 0 Å². The molecule has 0 atom stereocenters. The second kappa shape index (κ2) is 8.03. The number of halogens is 1. The molecule has 8 aromatic rings. The fourth-order valence-electron chi connectivity index (χ4n) is 5.52. The fourth-order valence-corrected chi connectivity index (χ4v) is 5.52. The zero-order chi connectivity index (χ0) is 26.1. The van der Waals surface area contributed by atoms with E-state index < -0.39 is 5.82 Å². The van der Waals surface area contributed by atoms with Gasteiger partial charge in [-0.3, -0.25) is 8.80 Å². The molecule has 186 valence electrons. The Hall–Kier alpha value is -5.43. The first-order valence-corrected chi connectivity index (χ1v) is 12.6. The number of phenols is 1.